The third-order valence-corrected chi connectivity index (χ3v) is 6.55. The lowest BCUT2D eigenvalue weighted by Crippen LogP contribution is -2.56. The van der Waals surface area contributed by atoms with Crippen LogP contribution in [-0.2, 0) is 4.79 Å². The number of fused-ring (bicyclic) bond motifs is 1. The Kier molecular flexibility index (Phi) is 6.06. The van der Waals surface area contributed by atoms with Gasteiger partial charge in [0.05, 0.1) is 11.3 Å². The van der Waals surface area contributed by atoms with Crippen molar-refractivity contribution in [2.45, 2.75) is 45.8 Å². The molecule has 0 spiro atoms. The number of benzene rings is 2. The second-order valence-corrected chi connectivity index (χ2v) is 10.2. The van der Waals surface area contributed by atoms with E-state index in [4.69, 9.17) is 10.5 Å². The molecular weight excluding hydrogens is 440 g/mol. The molecule has 3 heterocycles. The van der Waals surface area contributed by atoms with Crippen LogP contribution >= 0.6 is 0 Å². The molecule has 2 atom stereocenters. The first-order valence-corrected chi connectivity index (χ1v) is 12.1. The zero-order chi connectivity index (χ0) is 24.6. The van der Waals surface area contributed by atoms with Crippen LogP contribution in [0.15, 0.2) is 70.2 Å². The molecule has 182 valence electrons. The minimum atomic E-state index is -0.404. The van der Waals surface area contributed by atoms with Crippen LogP contribution in [0.1, 0.15) is 39.2 Å². The number of likely N-dealkylation sites (tertiary alicyclic amines) is 1. The summed E-state index contributed by atoms with van der Waals surface area (Å²) < 4.78 is 5.95. The quantitative estimate of drug-likeness (QED) is 0.706. The number of para-hydroxylation sites is 1. The van der Waals surface area contributed by atoms with Crippen LogP contribution in [0.2, 0.25) is 0 Å². The number of nitrogens with two attached hydrogens (primary N) is 1. The maximum absolute atomic E-state index is 13.0. The number of nitrogens with zero attached hydrogens (tertiary/aromatic N) is 4. The summed E-state index contributed by atoms with van der Waals surface area (Å²) in [5.74, 6) is 2.18. The molecule has 8 heteroatoms. The van der Waals surface area contributed by atoms with Crippen LogP contribution in [0, 0.1) is 5.41 Å². The summed E-state index contributed by atoms with van der Waals surface area (Å²) in [7, 11) is 0. The van der Waals surface area contributed by atoms with E-state index >= 15 is 0 Å². The Morgan fingerprint density at radius 3 is 2.51 bits per heavy atom. The van der Waals surface area contributed by atoms with Crippen molar-refractivity contribution in [2.75, 3.05) is 13.1 Å². The van der Waals surface area contributed by atoms with Gasteiger partial charge in [-0.1, -0.05) is 39.0 Å². The van der Waals surface area contributed by atoms with Gasteiger partial charge in [0.1, 0.15) is 23.7 Å². The standard InChI is InChI=1S/C27H32N6O2/c1-27(2,3)26(34)32-15-7-8-19(16-32)33-25-22(24(28)29-17-30-25)23(31-33)18-11-13-21(14-12-18)35-20-9-5-4-6-10-20/h4-6,9-14,17,19,25,31H,7-8,15-16H2,1-3H3,(H2,28,29,30). The van der Waals surface area contributed by atoms with Crippen LogP contribution in [0.25, 0.3) is 5.70 Å². The van der Waals surface area contributed by atoms with Gasteiger partial charge in [-0.15, -0.1) is 0 Å². The molecule has 0 saturated carbocycles. The molecule has 1 fully saturated rings. The summed E-state index contributed by atoms with van der Waals surface area (Å²) in [6.07, 6.45) is 3.16. The predicted octanol–water partition coefficient (Wildman–Crippen LogP) is 3.77. The number of carbonyl (C=O) groups is 1. The minimum Gasteiger partial charge on any atom is -0.457 e. The Morgan fingerprint density at radius 2 is 1.80 bits per heavy atom. The molecule has 1 amide bonds. The molecule has 5 rings (SSSR count). The highest BCUT2D eigenvalue weighted by molar-refractivity contribution is 6.09. The lowest BCUT2D eigenvalue weighted by atomic mass is 9.92. The molecule has 2 unspecified atom stereocenters. The average Bonchev–Trinajstić information content (AvgIpc) is 3.25. The van der Waals surface area contributed by atoms with Crippen molar-refractivity contribution < 1.29 is 9.53 Å². The number of rotatable bonds is 4. The van der Waals surface area contributed by atoms with Crippen LogP contribution in [-0.4, -0.2) is 53.3 Å². The number of aliphatic imine (C=N–C) groups is 2. The second kappa shape index (κ2) is 9.19. The summed E-state index contributed by atoms with van der Waals surface area (Å²) in [5, 5.41) is 2.14. The number of hydrazine groups is 1. The monoisotopic (exact) mass is 472 g/mol. The fraction of sp³-hybridized carbons (Fsp3) is 0.370. The van der Waals surface area contributed by atoms with Crippen LogP contribution in [0.3, 0.4) is 0 Å². The molecule has 0 radical (unpaired) electrons. The van der Waals surface area contributed by atoms with E-state index in [2.05, 4.69) is 20.4 Å². The van der Waals surface area contributed by atoms with Gasteiger partial charge in [-0.25, -0.2) is 9.98 Å². The fourth-order valence-corrected chi connectivity index (χ4v) is 4.82. The van der Waals surface area contributed by atoms with Crippen LogP contribution < -0.4 is 15.9 Å². The topological polar surface area (TPSA) is 95.5 Å². The molecule has 3 N–H and O–H groups in total. The highest BCUT2D eigenvalue weighted by Crippen LogP contribution is 2.35. The summed E-state index contributed by atoms with van der Waals surface area (Å²) >= 11 is 0. The second-order valence-electron chi connectivity index (χ2n) is 10.2. The molecule has 2 aromatic rings. The number of nitrogens with one attached hydrogen (secondary N) is 1. The maximum Gasteiger partial charge on any atom is 0.228 e. The van der Waals surface area contributed by atoms with Crippen molar-refractivity contribution in [1.82, 2.24) is 15.3 Å². The van der Waals surface area contributed by atoms with Gasteiger partial charge in [0.25, 0.3) is 0 Å². The van der Waals surface area contributed by atoms with Gasteiger partial charge in [0, 0.05) is 24.5 Å². The van der Waals surface area contributed by atoms with Gasteiger partial charge in [-0.3, -0.25) is 4.79 Å². The molecule has 8 nitrogen and oxygen atoms in total. The van der Waals surface area contributed by atoms with E-state index in [1.165, 1.54) is 6.34 Å². The smallest absolute Gasteiger partial charge is 0.228 e. The molecule has 2 aromatic carbocycles. The normalized spacial score (nSPS) is 22.5. The van der Waals surface area contributed by atoms with Crippen molar-refractivity contribution in [1.29, 1.82) is 0 Å². The Morgan fingerprint density at radius 1 is 1.09 bits per heavy atom. The Balaban J connectivity index is 1.38. The summed E-state index contributed by atoms with van der Waals surface area (Å²) in [6.45, 7) is 7.35. The fourth-order valence-electron chi connectivity index (χ4n) is 4.82. The van der Waals surface area contributed by atoms with Crippen molar-refractivity contribution >= 4 is 23.8 Å². The summed E-state index contributed by atoms with van der Waals surface area (Å²) in [5.41, 5.74) is 12.2. The first kappa shape index (κ1) is 23.1. The van der Waals surface area contributed by atoms with Crippen LogP contribution in [0.4, 0.5) is 0 Å². The number of piperidine rings is 1. The van der Waals surface area contributed by atoms with Crippen molar-refractivity contribution in [3.63, 3.8) is 0 Å². The van der Waals surface area contributed by atoms with E-state index in [0.29, 0.717) is 12.4 Å². The van der Waals surface area contributed by atoms with E-state index in [1.807, 2.05) is 80.3 Å². The zero-order valence-corrected chi connectivity index (χ0v) is 20.4. The third-order valence-electron chi connectivity index (χ3n) is 6.55. The number of amides is 1. The Hall–Kier alpha value is -3.65. The van der Waals surface area contributed by atoms with E-state index in [1.54, 1.807) is 0 Å². The van der Waals surface area contributed by atoms with E-state index in [9.17, 15) is 4.79 Å². The van der Waals surface area contributed by atoms with E-state index < -0.39 is 5.41 Å². The van der Waals surface area contributed by atoms with Gasteiger partial charge in [-0.05, 0) is 54.8 Å². The number of hydrogen-bond donors (Lipinski definition) is 2. The van der Waals surface area contributed by atoms with Crippen molar-refractivity contribution in [3.8, 4) is 11.5 Å². The molecule has 1 saturated heterocycles. The van der Waals surface area contributed by atoms with Crippen molar-refractivity contribution in [3.05, 3.63) is 65.7 Å². The number of hydrogen-bond acceptors (Lipinski definition) is 7. The molecule has 0 bridgehead atoms. The van der Waals surface area contributed by atoms with Gasteiger partial charge in [0.2, 0.25) is 5.91 Å². The number of amidine groups is 1. The highest BCUT2D eigenvalue weighted by atomic mass is 16.5. The van der Waals surface area contributed by atoms with Gasteiger partial charge < -0.3 is 20.8 Å². The van der Waals surface area contributed by atoms with Crippen molar-refractivity contribution in [2.24, 2.45) is 21.1 Å². The Bertz CT molecular complexity index is 1180. The van der Waals surface area contributed by atoms with Gasteiger partial charge >= 0.3 is 0 Å². The Labute approximate surface area is 206 Å². The molecule has 0 aliphatic carbocycles. The van der Waals surface area contributed by atoms with Gasteiger partial charge in [-0.2, -0.15) is 5.01 Å². The van der Waals surface area contributed by atoms with Gasteiger partial charge in [0.15, 0.2) is 6.17 Å². The van der Waals surface area contributed by atoms with E-state index in [0.717, 1.165) is 47.7 Å². The maximum atomic E-state index is 13.0. The predicted molar refractivity (Wildman–Crippen MR) is 138 cm³/mol. The lowest BCUT2D eigenvalue weighted by Gasteiger charge is -2.41. The number of ether oxygens (including phenoxy) is 1. The average molecular weight is 473 g/mol. The first-order valence-electron chi connectivity index (χ1n) is 12.1. The summed E-state index contributed by atoms with van der Waals surface area (Å²) in [4.78, 5) is 23.9. The first-order chi connectivity index (χ1) is 16.8. The summed E-state index contributed by atoms with van der Waals surface area (Å²) in [6, 6.07) is 17.7. The third kappa shape index (κ3) is 4.66. The number of carbonyl (C=O) groups excluding carboxylic acids is 1. The SMILES string of the molecule is CC(C)(C)C(=O)N1CCCC(N2NC(c3ccc(Oc4ccccc4)cc3)=C3C(N)=NC=NC32)C1. The molecule has 3 aliphatic rings. The largest absolute Gasteiger partial charge is 0.457 e. The van der Waals surface area contributed by atoms with Crippen LogP contribution in [0.5, 0.6) is 11.5 Å². The molecule has 0 aromatic heterocycles. The molecule has 3 aliphatic heterocycles. The molecule has 35 heavy (non-hydrogen) atoms. The highest BCUT2D eigenvalue weighted by Gasteiger charge is 2.42. The minimum absolute atomic E-state index is 0.108. The lowest BCUT2D eigenvalue weighted by molar-refractivity contribution is -0.142. The molecular formula is C27H32N6O2. The van der Waals surface area contributed by atoms with E-state index in [-0.39, 0.29) is 18.1 Å². The zero-order valence-electron chi connectivity index (χ0n) is 20.4.